The third kappa shape index (κ3) is 8.11. The Balaban J connectivity index is 0.000000511. The first-order valence-corrected chi connectivity index (χ1v) is 11.1. The summed E-state index contributed by atoms with van der Waals surface area (Å²) >= 11 is 0. The average Bonchev–Trinajstić information content (AvgIpc) is 2.92. The molecule has 164 valence electrons. The van der Waals surface area contributed by atoms with E-state index in [2.05, 4.69) is 13.8 Å². The second kappa shape index (κ2) is 9.74. The molecular formula is C13H24F6N2O4S2. The Morgan fingerprint density at radius 1 is 0.778 bits per heavy atom. The molecule has 27 heavy (non-hydrogen) atoms. The summed E-state index contributed by atoms with van der Waals surface area (Å²) in [5.41, 5.74) is -12.4. The maximum absolute atomic E-state index is 11.4. The number of alkyl halides is 6. The van der Waals surface area contributed by atoms with E-state index in [9.17, 15) is 43.2 Å². The van der Waals surface area contributed by atoms with Crippen molar-refractivity contribution in [2.75, 3.05) is 26.2 Å². The monoisotopic (exact) mass is 450 g/mol. The van der Waals surface area contributed by atoms with Crippen molar-refractivity contribution >= 4 is 20.0 Å². The van der Waals surface area contributed by atoms with E-state index in [1.807, 2.05) is 0 Å². The number of rotatable bonds is 7. The zero-order valence-corrected chi connectivity index (χ0v) is 16.6. The molecule has 1 aliphatic rings. The van der Waals surface area contributed by atoms with Crippen molar-refractivity contribution in [2.45, 2.75) is 57.0 Å². The molecule has 0 aromatic carbocycles. The van der Waals surface area contributed by atoms with Gasteiger partial charge in [0.25, 0.3) is 0 Å². The normalized spacial score (nSPS) is 18.1. The fourth-order valence-corrected chi connectivity index (χ4v) is 4.46. The molecule has 6 nitrogen and oxygen atoms in total. The fraction of sp³-hybridized carbons (Fsp3) is 1.00. The number of hydrogen-bond donors (Lipinski definition) is 0. The molecule has 0 bridgehead atoms. The van der Waals surface area contributed by atoms with E-state index >= 15 is 0 Å². The highest BCUT2D eigenvalue weighted by Gasteiger charge is 2.46. The van der Waals surface area contributed by atoms with Gasteiger partial charge >= 0.3 is 11.0 Å². The Kier molecular flexibility index (Phi) is 9.52. The molecule has 0 unspecified atom stereocenters. The first kappa shape index (κ1) is 26.4. The number of unbranched alkanes of at least 4 members (excludes halogenated alkanes) is 1. The van der Waals surface area contributed by atoms with Gasteiger partial charge in [0.05, 0.1) is 26.2 Å². The molecule has 1 fully saturated rings. The van der Waals surface area contributed by atoms with Crippen molar-refractivity contribution in [3.8, 4) is 0 Å². The molecule has 0 aliphatic carbocycles. The molecular weight excluding hydrogens is 426 g/mol. The number of nitrogens with zero attached hydrogens (tertiary/aromatic N) is 2. The average molecular weight is 450 g/mol. The second-order valence-corrected chi connectivity index (χ2v) is 9.64. The van der Waals surface area contributed by atoms with Gasteiger partial charge in [0, 0.05) is 12.8 Å². The van der Waals surface area contributed by atoms with Gasteiger partial charge in [-0.15, -0.1) is 0 Å². The lowest BCUT2D eigenvalue weighted by molar-refractivity contribution is -0.917. The highest BCUT2D eigenvalue weighted by molar-refractivity contribution is 8.13. The van der Waals surface area contributed by atoms with E-state index in [-0.39, 0.29) is 0 Å². The van der Waals surface area contributed by atoms with E-state index in [0.29, 0.717) is 0 Å². The maximum atomic E-state index is 11.4. The summed E-state index contributed by atoms with van der Waals surface area (Å²) < 4.78 is 111. The van der Waals surface area contributed by atoms with Crippen molar-refractivity contribution < 1.29 is 47.7 Å². The first-order valence-electron chi connectivity index (χ1n) is 8.25. The second-order valence-electron chi connectivity index (χ2n) is 6.21. The van der Waals surface area contributed by atoms with Gasteiger partial charge < -0.3 is 8.61 Å². The maximum Gasteiger partial charge on any atom is 0.480 e. The van der Waals surface area contributed by atoms with Gasteiger partial charge in [-0.3, -0.25) is 0 Å². The minimum absolute atomic E-state index is 0.778. The SMILES string of the molecule is CCCC[N+]1(CCC)CCCC1.O=S(=O)([N-]S(=O)(=O)C(F)(F)F)C(F)(F)F. The molecule has 0 saturated carbocycles. The molecule has 0 aromatic heterocycles. The third-order valence-electron chi connectivity index (χ3n) is 3.98. The molecule has 0 spiro atoms. The summed E-state index contributed by atoms with van der Waals surface area (Å²) in [6.07, 6.45) is 7.11. The lowest BCUT2D eigenvalue weighted by Gasteiger charge is -2.34. The van der Waals surface area contributed by atoms with E-state index in [4.69, 9.17) is 0 Å². The Morgan fingerprint density at radius 3 is 1.48 bits per heavy atom. The summed E-state index contributed by atoms with van der Waals surface area (Å²) in [6.45, 7) is 10.4. The quantitative estimate of drug-likeness (QED) is 0.436. The summed E-state index contributed by atoms with van der Waals surface area (Å²) in [6, 6.07) is 0. The molecule has 14 heteroatoms. The van der Waals surface area contributed by atoms with E-state index in [1.165, 1.54) is 62.8 Å². The predicted molar refractivity (Wildman–Crippen MR) is 87.5 cm³/mol. The largest absolute Gasteiger partial charge is 0.480 e. The summed E-state index contributed by atoms with van der Waals surface area (Å²) in [5.74, 6) is 0. The lowest BCUT2D eigenvalue weighted by atomic mass is 10.2. The molecule has 0 aromatic rings. The molecule has 1 heterocycles. The number of halogens is 6. The zero-order chi connectivity index (χ0) is 21.6. The molecule has 0 N–H and O–H groups in total. The highest BCUT2D eigenvalue weighted by Crippen LogP contribution is 2.36. The molecule has 0 radical (unpaired) electrons. The van der Waals surface area contributed by atoms with Gasteiger partial charge in [0.15, 0.2) is 20.0 Å². The van der Waals surface area contributed by atoms with Crippen LogP contribution in [0.3, 0.4) is 0 Å². The summed E-state index contributed by atoms with van der Waals surface area (Å²) in [4.78, 5) is 0. The molecule has 0 atom stereocenters. The molecule has 0 amide bonds. The minimum atomic E-state index is -6.72. The Hall–Kier alpha value is -0.600. The number of likely N-dealkylation sites (tertiary alicyclic amines) is 1. The molecule has 1 aliphatic heterocycles. The van der Waals surface area contributed by atoms with Gasteiger partial charge in [-0.1, -0.05) is 20.3 Å². The van der Waals surface area contributed by atoms with Crippen LogP contribution in [0.1, 0.15) is 46.0 Å². The smallest absolute Gasteiger partial charge is 0.421 e. The van der Waals surface area contributed by atoms with Crippen LogP contribution in [0.2, 0.25) is 0 Å². The van der Waals surface area contributed by atoms with Crippen LogP contribution in [-0.2, 0) is 20.0 Å². The molecule has 1 saturated heterocycles. The van der Waals surface area contributed by atoms with Crippen molar-refractivity contribution in [1.29, 1.82) is 0 Å². The standard InChI is InChI=1S/C11H24N.C2F6NO4S2/c1-3-5-9-12(8-4-2)10-6-7-11-12;3-1(4,5)14(10,11)9-15(12,13)2(6,7)8/h3-11H2,1-2H3;/q+1;-1. The molecule has 1 rings (SSSR count). The van der Waals surface area contributed by atoms with Crippen LogP contribution in [0.25, 0.3) is 4.13 Å². The van der Waals surface area contributed by atoms with Crippen LogP contribution in [0, 0.1) is 0 Å². The van der Waals surface area contributed by atoms with Crippen molar-refractivity contribution in [3.63, 3.8) is 0 Å². The number of quaternary nitrogens is 1. The third-order valence-corrected chi connectivity index (χ3v) is 6.72. The van der Waals surface area contributed by atoms with Gasteiger partial charge in [0.1, 0.15) is 0 Å². The summed E-state index contributed by atoms with van der Waals surface area (Å²) in [7, 11) is -13.4. The topological polar surface area (TPSA) is 82.4 Å². The highest BCUT2D eigenvalue weighted by atomic mass is 32.3. The van der Waals surface area contributed by atoms with Gasteiger partial charge in [-0.05, 0) is 12.8 Å². The van der Waals surface area contributed by atoms with Crippen LogP contribution in [-0.4, -0.2) is 58.5 Å². The van der Waals surface area contributed by atoms with Crippen LogP contribution < -0.4 is 0 Å². The van der Waals surface area contributed by atoms with Gasteiger partial charge in [0.2, 0.25) is 0 Å². The fourth-order valence-electron chi connectivity index (χ4n) is 2.75. The van der Waals surface area contributed by atoms with Gasteiger partial charge in [-0.25, -0.2) is 16.8 Å². The van der Waals surface area contributed by atoms with E-state index in [1.54, 1.807) is 0 Å². The van der Waals surface area contributed by atoms with Crippen LogP contribution in [0.15, 0.2) is 0 Å². The Labute approximate surface area is 155 Å². The van der Waals surface area contributed by atoms with E-state index < -0.39 is 31.1 Å². The van der Waals surface area contributed by atoms with Crippen LogP contribution >= 0.6 is 0 Å². The van der Waals surface area contributed by atoms with E-state index in [0.717, 1.165) is 4.13 Å². The Morgan fingerprint density at radius 2 is 1.19 bits per heavy atom. The summed E-state index contributed by atoms with van der Waals surface area (Å²) in [5, 5.41) is 0. The van der Waals surface area contributed by atoms with Crippen LogP contribution in [0.5, 0.6) is 0 Å². The zero-order valence-electron chi connectivity index (χ0n) is 15.0. The predicted octanol–water partition coefficient (Wildman–Crippen LogP) is 3.87. The van der Waals surface area contributed by atoms with Crippen LogP contribution in [0.4, 0.5) is 26.3 Å². The minimum Gasteiger partial charge on any atom is -0.421 e. The van der Waals surface area contributed by atoms with Crippen molar-refractivity contribution in [3.05, 3.63) is 4.13 Å². The Bertz CT molecular complexity index is 611. The number of hydrogen-bond acceptors (Lipinski definition) is 4. The first-order chi connectivity index (χ1) is 12.0. The van der Waals surface area contributed by atoms with Crippen molar-refractivity contribution in [2.24, 2.45) is 0 Å². The van der Waals surface area contributed by atoms with Crippen molar-refractivity contribution in [1.82, 2.24) is 0 Å². The van der Waals surface area contributed by atoms with Gasteiger partial charge in [-0.2, -0.15) is 26.3 Å². The lowest BCUT2D eigenvalue weighted by Crippen LogP contribution is -2.46. The number of sulfonamides is 2.